The monoisotopic (exact) mass is 373 g/mol. The Labute approximate surface area is 146 Å². The zero-order chi connectivity index (χ0) is 16.6. The van der Waals surface area contributed by atoms with Crippen molar-refractivity contribution in [3.63, 3.8) is 0 Å². The largest absolute Gasteiger partial charge is 0.322 e. The Morgan fingerprint density at radius 1 is 1.17 bits per heavy atom. The Bertz CT molecular complexity index is 772. The maximum atomic E-state index is 14.0. The highest BCUT2D eigenvalue weighted by molar-refractivity contribution is 7.99. The van der Waals surface area contributed by atoms with Gasteiger partial charge in [-0.15, -0.1) is 11.8 Å². The van der Waals surface area contributed by atoms with E-state index in [4.69, 9.17) is 23.2 Å². The molecule has 1 heterocycles. The summed E-state index contributed by atoms with van der Waals surface area (Å²) < 4.78 is 27.1. The fraction of sp³-hybridized carbons (Fsp3) is 0.188. The molecule has 0 spiro atoms. The third-order valence-corrected chi connectivity index (χ3v) is 5.33. The van der Waals surface area contributed by atoms with Gasteiger partial charge in [0.25, 0.3) is 5.91 Å². The minimum Gasteiger partial charge on any atom is -0.322 e. The first-order valence-electron chi connectivity index (χ1n) is 6.80. The molecule has 1 aliphatic heterocycles. The molecular formula is C16H11Cl2F2NOS. The molecule has 0 aromatic heterocycles. The van der Waals surface area contributed by atoms with Gasteiger partial charge in [-0.2, -0.15) is 0 Å². The highest BCUT2D eigenvalue weighted by Crippen LogP contribution is 2.40. The third-order valence-electron chi connectivity index (χ3n) is 3.54. The summed E-state index contributed by atoms with van der Waals surface area (Å²) in [5.74, 6) is -0.944. The molecule has 1 aliphatic rings. The predicted molar refractivity (Wildman–Crippen MR) is 89.1 cm³/mol. The lowest BCUT2D eigenvalue weighted by molar-refractivity contribution is 0.0759. The Hall–Kier alpha value is -1.30. The van der Waals surface area contributed by atoms with Gasteiger partial charge < -0.3 is 4.90 Å². The van der Waals surface area contributed by atoms with Crippen LogP contribution in [0.15, 0.2) is 36.4 Å². The van der Waals surface area contributed by atoms with Gasteiger partial charge >= 0.3 is 0 Å². The molecule has 1 saturated heterocycles. The number of benzene rings is 2. The van der Waals surface area contributed by atoms with E-state index in [0.29, 0.717) is 22.9 Å². The minimum atomic E-state index is -0.663. The molecule has 0 unspecified atom stereocenters. The van der Waals surface area contributed by atoms with E-state index in [1.807, 2.05) is 0 Å². The van der Waals surface area contributed by atoms with Gasteiger partial charge in [0.05, 0.1) is 10.6 Å². The first kappa shape index (κ1) is 16.6. The summed E-state index contributed by atoms with van der Waals surface area (Å²) in [5, 5.41) is 0.177. The van der Waals surface area contributed by atoms with E-state index >= 15 is 0 Å². The van der Waals surface area contributed by atoms with Crippen LogP contribution < -0.4 is 0 Å². The zero-order valence-corrected chi connectivity index (χ0v) is 14.1. The topological polar surface area (TPSA) is 20.3 Å². The van der Waals surface area contributed by atoms with E-state index in [2.05, 4.69) is 0 Å². The summed E-state index contributed by atoms with van der Waals surface area (Å²) in [6, 6.07) is 8.01. The normalized spacial score (nSPS) is 17.6. The molecule has 0 bridgehead atoms. The number of hydrogen-bond donors (Lipinski definition) is 0. The van der Waals surface area contributed by atoms with Crippen LogP contribution in [0.1, 0.15) is 21.3 Å². The molecular weight excluding hydrogens is 363 g/mol. The highest BCUT2D eigenvalue weighted by atomic mass is 35.5. The van der Waals surface area contributed by atoms with Crippen LogP contribution >= 0.6 is 35.0 Å². The number of carbonyl (C=O) groups is 1. The van der Waals surface area contributed by atoms with Crippen LogP contribution in [0.3, 0.4) is 0 Å². The van der Waals surface area contributed by atoms with Crippen molar-refractivity contribution in [2.45, 2.75) is 5.37 Å². The molecule has 0 saturated carbocycles. The maximum Gasteiger partial charge on any atom is 0.256 e. The molecule has 0 radical (unpaired) electrons. The van der Waals surface area contributed by atoms with Crippen molar-refractivity contribution in [3.05, 3.63) is 69.2 Å². The van der Waals surface area contributed by atoms with Crippen molar-refractivity contribution in [1.82, 2.24) is 4.90 Å². The highest BCUT2D eigenvalue weighted by Gasteiger charge is 2.33. The Morgan fingerprint density at radius 3 is 2.65 bits per heavy atom. The van der Waals surface area contributed by atoms with Gasteiger partial charge in [0.2, 0.25) is 0 Å². The fourth-order valence-corrected chi connectivity index (χ4v) is 4.22. The second kappa shape index (κ2) is 6.67. The van der Waals surface area contributed by atoms with Crippen molar-refractivity contribution in [3.8, 4) is 0 Å². The van der Waals surface area contributed by atoms with Crippen molar-refractivity contribution in [1.29, 1.82) is 0 Å². The van der Waals surface area contributed by atoms with Crippen molar-refractivity contribution < 1.29 is 13.6 Å². The maximum absolute atomic E-state index is 14.0. The lowest BCUT2D eigenvalue weighted by Gasteiger charge is -2.25. The number of rotatable bonds is 2. The molecule has 23 heavy (non-hydrogen) atoms. The van der Waals surface area contributed by atoms with Gasteiger partial charge in [0.15, 0.2) is 0 Å². The van der Waals surface area contributed by atoms with Gasteiger partial charge in [0.1, 0.15) is 17.0 Å². The van der Waals surface area contributed by atoms with E-state index in [0.717, 1.165) is 6.07 Å². The fourth-order valence-electron chi connectivity index (χ4n) is 2.46. The van der Waals surface area contributed by atoms with E-state index in [-0.39, 0.29) is 16.5 Å². The predicted octanol–water partition coefficient (Wildman–Crippen LogP) is 5.16. The summed E-state index contributed by atoms with van der Waals surface area (Å²) >= 11 is 13.4. The Balaban J connectivity index is 1.93. The summed E-state index contributed by atoms with van der Waals surface area (Å²) in [7, 11) is 0. The van der Waals surface area contributed by atoms with Crippen LogP contribution in [0.25, 0.3) is 0 Å². The van der Waals surface area contributed by atoms with Crippen LogP contribution in [-0.4, -0.2) is 23.1 Å². The lowest BCUT2D eigenvalue weighted by Crippen LogP contribution is -2.31. The Morgan fingerprint density at radius 2 is 1.96 bits per heavy atom. The molecule has 1 fully saturated rings. The average molecular weight is 374 g/mol. The standard InChI is InChI=1S/C16H11Cl2F2NOS/c17-9-1-3-11(13(18)7-9)15(22)21-5-6-23-16(21)12-4-2-10(19)8-14(12)20/h1-4,7-8,16H,5-6H2/t16-/m1/s1. The number of halogens is 4. The summed E-state index contributed by atoms with van der Waals surface area (Å²) in [6.07, 6.45) is 0. The second-order valence-corrected chi connectivity index (χ2v) is 7.04. The lowest BCUT2D eigenvalue weighted by atomic mass is 10.1. The van der Waals surface area contributed by atoms with Crippen LogP contribution in [-0.2, 0) is 0 Å². The van der Waals surface area contributed by atoms with Gasteiger partial charge in [-0.05, 0) is 24.3 Å². The van der Waals surface area contributed by atoms with Crippen LogP contribution in [0.2, 0.25) is 10.0 Å². The minimum absolute atomic E-state index is 0.248. The molecule has 3 rings (SSSR count). The molecule has 1 atom stereocenters. The first-order chi connectivity index (χ1) is 11.0. The van der Waals surface area contributed by atoms with Crippen molar-refractivity contribution in [2.24, 2.45) is 0 Å². The van der Waals surface area contributed by atoms with Gasteiger partial charge in [-0.25, -0.2) is 8.78 Å². The molecule has 2 aromatic carbocycles. The van der Waals surface area contributed by atoms with Crippen molar-refractivity contribution >= 4 is 40.9 Å². The van der Waals surface area contributed by atoms with E-state index < -0.39 is 17.0 Å². The van der Waals surface area contributed by atoms with Crippen LogP contribution in [0.4, 0.5) is 8.78 Å². The molecule has 120 valence electrons. The number of hydrogen-bond acceptors (Lipinski definition) is 2. The number of nitrogens with zero attached hydrogens (tertiary/aromatic N) is 1. The smallest absolute Gasteiger partial charge is 0.256 e. The second-order valence-electron chi connectivity index (χ2n) is 5.01. The summed E-state index contributed by atoms with van der Waals surface area (Å²) in [4.78, 5) is 14.3. The number of amides is 1. The molecule has 2 nitrogen and oxygen atoms in total. The quantitative estimate of drug-likeness (QED) is 0.724. The van der Waals surface area contributed by atoms with E-state index in [1.165, 1.54) is 34.9 Å². The average Bonchev–Trinajstić information content (AvgIpc) is 2.95. The molecule has 0 aliphatic carbocycles. The van der Waals surface area contributed by atoms with Gasteiger partial charge in [0, 0.05) is 29.0 Å². The molecule has 2 aromatic rings. The van der Waals surface area contributed by atoms with Crippen molar-refractivity contribution in [2.75, 3.05) is 12.3 Å². The van der Waals surface area contributed by atoms with Gasteiger partial charge in [-0.3, -0.25) is 4.79 Å². The number of carbonyl (C=O) groups excluding carboxylic acids is 1. The SMILES string of the molecule is O=C(c1ccc(Cl)cc1Cl)N1CCS[C@@H]1c1ccc(F)cc1F. The molecule has 0 N–H and O–H groups in total. The van der Waals surface area contributed by atoms with Crippen LogP contribution in [0, 0.1) is 11.6 Å². The Kier molecular flexibility index (Phi) is 4.80. The third kappa shape index (κ3) is 3.32. The zero-order valence-electron chi connectivity index (χ0n) is 11.7. The first-order valence-corrected chi connectivity index (χ1v) is 8.60. The summed E-state index contributed by atoms with van der Waals surface area (Å²) in [6.45, 7) is 0.462. The molecule has 1 amide bonds. The molecule has 7 heteroatoms. The van der Waals surface area contributed by atoms with E-state index in [9.17, 15) is 13.6 Å². The van der Waals surface area contributed by atoms with Crippen LogP contribution in [0.5, 0.6) is 0 Å². The number of thioether (sulfide) groups is 1. The summed E-state index contributed by atoms with van der Waals surface area (Å²) in [5.41, 5.74) is 0.596. The van der Waals surface area contributed by atoms with Gasteiger partial charge in [-0.1, -0.05) is 29.3 Å². The van der Waals surface area contributed by atoms with E-state index in [1.54, 1.807) is 12.1 Å².